The fourth-order valence-electron chi connectivity index (χ4n) is 2.62. The Bertz CT molecular complexity index is 1160. The lowest BCUT2D eigenvalue weighted by atomic mass is 10.2. The molecule has 178 valence electrons. The number of hydrogen-bond donors (Lipinski definition) is 2. The van der Waals surface area contributed by atoms with Crippen LogP contribution in [0, 0.1) is 0 Å². The van der Waals surface area contributed by atoms with Gasteiger partial charge in [-0.05, 0) is 12.1 Å². The number of nitrogens with one attached hydrogen (secondary N) is 2. The van der Waals surface area contributed by atoms with Crippen LogP contribution in [-0.4, -0.2) is 63.9 Å². The summed E-state index contributed by atoms with van der Waals surface area (Å²) in [5.41, 5.74) is 0.365. The number of aryl methyl sites for hydroxylation is 1. The van der Waals surface area contributed by atoms with Crippen LogP contribution in [0.2, 0.25) is 0 Å². The van der Waals surface area contributed by atoms with E-state index in [-0.39, 0.29) is 40.6 Å². The Morgan fingerprint density at radius 2 is 1.74 bits per heavy atom. The minimum Gasteiger partial charge on any atom is -0.481 e. The first-order valence-electron chi connectivity index (χ1n) is 9.82. The van der Waals surface area contributed by atoms with Gasteiger partial charge in [0.2, 0.25) is 23.6 Å². The molecule has 12 nitrogen and oxygen atoms in total. The maximum atomic E-state index is 12.6. The molecule has 0 unspecified atom stereocenters. The van der Waals surface area contributed by atoms with Crippen molar-refractivity contribution in [3.63, 3.8) is 0 Å². The molecule has 3 rings (SSSR count). The molecule has 1 aromatic carbocycles. The van der Waals surface area contributed by atoms with Gasteiger partial charge in [0.1, 0.15) is 0 Å². The van der Waals surface area contributed by atoms with Crippen LogP contribution in [0.25, 0.3) is 0 Å². The maximum Gasteiger partial charge on any atom is 0.340 e. The summed E-state index contributed by atoms with van der Waals surface area (Å²) in [4.78, 5) is 49.2. The average Bonchev–Trinajstić information content (AvgIpc) is 3.25. The van der Waals surface area contributed by atoms with Crippen LogP contribution in [0.15, 0.2) is 47.9 Å². The molecule has 0 saturated heterocycles. The molecular weight excluding hydrogens is 464 g/mol. The van der Waals surface area contributed by atoms with E-state index in [1.165, 1.54) is 38.1 Å². The number of nitrogens with zero attached hydrogens (tertiary/aromatic N) is 4. The van der Waals surface area contributed by atoms with E-state index >= 15 is 0 Å². The Labute approximate surface area is 199 Å². The van der Waals surface area contributed by atoms with E-state index < -0.39 is 18.5 Å². The molecule has 0 aliphatic rings. The summed E-state index contributed by atoms with van der Waals surface area (Å²) in [7, 11) is 4.64. The molecule has 13 heteroatoms. The summed E-state index contributed by atoms with van der Waals surface area (Å²) >= 11 is 1.26. The molecule has 0 aliphatic carbocycles. The highest BCUT2D eigenvalue weighted by Gasteiger charge is 2.17. The van der Waals surface area contributed by atoms with Gasteiger partial charge in [-0.25, -0.2) is 9.78 Å². The summed E-state index contributed by atoms with van der Waals surface area (Å²) in [5, 5.41) is 5.77. The van der Waals surface area contributed by atoms with Gasteiger partial charge >= 0.3 is 5.97 Å². The van der Waals surface area contributed by atoms with E-state index in [0.29, 0.717) is 5.16 Å². The third-order valence-electron chi connectivity index (χ3n) is 4.21. The normalized spacial score (nSPS) is 10.3. The molecule has 0 fully saturated rings. The van der Waals surface area contributed by atoms with Gasteiger partial charge in [0, 0.05) is 19.4 Å². The third-order valence-corrected chi connectivity index (χ3v) is 5.27. The SMILES string of the molecule is COc1cc(OC)nc(NC(=O)COC(=O)c2ccccc2NC(=O)CSc2nccn2C)n1. The number of anilines is 2. The highest BCUT2D eigenvalue weighted by Crippen LogP contribution is 2.19. The van der Waals surface area contributed by atoms with Gasteiger partial charge in [-0.2, -0.15) is 9.97 Å². The van der Waals surface area contributed by atoms with Crippen molar-refractivity contribution in [2.24, 2.45) is 7.05 Å². The molecule has 2 aromatic heterocycles. The zero-order valence-corrected chi connectivity index (χ0v) is 19.4. The van der Waals surface area contributed by atoms with E-state index in [1.54, 1.807) is 35.2 Å². The van der Waals surface area contributed by atoms with Crippen molar-refractivity contribution < 1.29 is 28.6 Å². The van der Waals surface area contributed by atoms with Gasteiger partial charge in [0.15, 0.2) is 11.8 Å². The Morgan fingerprint density at radius 3 is 2.38 bits per heavy atom. The Balaban J connectivity index is 1.56. The van der Waals surface area contributed by atoms with Gasteiger partial charge in [-0.3, -0.25) is 14.9 Å². The number of thioether (sulfide) groups is 1. The maximum absolute atomic E-state index is 12.6. The van der Waals surface area contributed by atoms with Crippen LogP contribution in [-0.2, 0) is 21.4 Å². The molecule has 0 bridgehead atoms. The summed E-state index contributed by atoms with van der Waals surface area (Å²) in [6.07, 6.45) is 3.41. The fourth-order valence-corrected chi connectivity index (χ4v) is 3.35. The largest absolute Gasteiger partial charge is 0.481 e. The molecule has 2 heterocycles. The molecule has 0 radical (unpaired) electrons. The minimum atomic E-state index is -0.785. The van der Waals surface area contributed by atoms with Crippen LogP contribution < -0.4 is 20.1 Å². The first-order chi connectivity index (χ1) is 16.4. The number of carbonyl (C=O) groups is 3. The summed E-state index contributed by atoms with van der Waals surface area (Å²) < 4.78 is 16.9. The van der Waals surface area contributed by atoms with Crippen LogP contribution in [0.3, 0.4) is 0 Å². The van der Waals surface area contributed by atoms with Crippen molar-refractivity contribution in [2.75, 3.05) is 37.2 Å². The van der Waals surface area contributed by atoms with Gasteiger partial charge < -0.3 is 24.1 Å². The lowest BCUT2D eigenvalue weighted by molar-refractivity contribution is -0.119. The van der Waals surface area contributed by atoms with Crippen LogP contribution in [0.4, 0.5) is 11.6 Å². The van der Waals surface area contributed by atoms with Crippen molar-refractivity contribution in [2.45, 2.75) is 5.16 Å². The summed E-state index contributed by atoms with van der Waals surface area (Å²) in [6.45, 7) is -0.598. The molecule has 0 saturated carbocycles. The van der Waals surface area contributed by atoms with Crippen molar-refractivity contribution in [3.05, 3.63) is 48.3 Å². The lowest BCUT2D eigenvalue weighted by Gasteiger charge is -2.11. The number of imidazole rings is 1. The molecule has 0 atom stereocenters. The topological polar surface area (TPSA) is 147 Å². The van der Waals surface area contributed by atoms with E-state index in [4.69, 9.17) is 14.2 Å². The minimum absolute atomic E-state index is 0.0740. The Morgan fingerprint density at radius 1 is 1.03 bits per heavy atom. The molecule has 0 aliphatic heterocycles. The first-order valence-corrected chi connectivity index (χ1v) is 10.8. The Hall–Kier alpha value is -4.13. The van der Waals surface area contributed by atoms with Gasteiger partial charge in [0.25, 0.3) is 5.91 Å². The quantitative estimate of drug-likeness (QED) is 0.321. The second-order valence-corrected chi connectivity index (χ2v) is 7.55. The van der Waals surface area contributed by atoms with Crippen molar-refractivity contribution in [1.29, 1.82) is 0 Å². The average molecular weight is 487 g/mol. The number of esters is 1. The standard InChI is InChI=1S/C21H22N6O6S/c1-27-9-8-22-21(27)34-12-16(29)23-14-7-5-4-6-13(14)19(30)33-11-15(28)24-20-25-17(31-2)10-18(26-20)32-3/h4-10H,11-12H2,1-3H3,(H,23,29)(H,24,25,26,28). The molecule has 2 N–H and O–H groups in total. The van der Waals surface area contributed by atoms with Crippen molar-refractivity contribution in [3.8, 4) is 11.8 Å². The highest BCUT2D eigenvalue weighted by molar-refractivity contribution is 7.99. The smallest absolute Gasteiger partial charge is 0.340 e. The number of rotatable bonds is 10. The summed E-state index contributed by atoms with van der Waals surface area (Å²) in [5.74, 6) is -1.38. The summed E-state index contributed by atoms with van der Waals surface area (Å²) in [6, 6.07) is 7.77. The second kappa shape index (κ2) is 11.7. The van der Waals surface area contributed by atoms with Crippen molar-refractivity contribution >= 4 is 41.2 Å². The first kappa shape index (κ1) is 24.5. The van der Waals surface area contributed by atoms with Crippen LogP contribution in [0.5, 0.6) is 11.8 Å². The third kappa shape index (κ3) is 6.68. The number of carbonyl (C=O) groups excluding carboxylic acids is 3. The number of methoxy groups -OCH3 is 2. The number of amides is 2. The monoisotopic (exact) mass is 486 g/mol. The zero-order valence-electron chi connectivity index (χ0n) is 18.6. The molecule has 2 amide bonds. The number of hydrogen-bond acceptors (Lipinski definition) is 10. The van der Waals surface area contributed by atoms with E-state index in [2.05, 4.69) is 25.6 Å². The molecule has 3 aromatic rings. The number of ether oxygens (including phenoxy) is 3. The van der Waals surface area contributed by atoms with E-state index in [9.17, 15) is 14.4 Å². The predicted octanol–water partition coefficient (Wildman–Crippen LogP) is 1.75. The number of para-hydroxylation sites is 1. The molecular formula is C21H22N6O6S. The number of aromatic nitrogens is 4. The van der Waals surface area contributed by atoms with Gasteiger partial charge in [0.05, 0.1) is 37.3 Å². The molecule has 34 heavy (non-hydrogen) atoms. The molecule has 0 spiro atoms. The van der Waals surface area contributed by atoms with Crippen molar-refractivity contribution in [1.82, 2.24) is 19.5 Å². The van der Waals surface area contributed by atoms with Crippen LogP contribution in [0.1, 0.15) is 10.4 Å². The second-order valence-electron chi connectivity index (χ2n) is 6.60. The predicted molar refractivity (Wildman–Crippen MR) is 123 cm³/mol. The Kier molecular flexibility index (Phi) is 8.40. The van der Waals surface area contributed by atoms with Gasteiger partial charge in [-0.15, -0.1) is 0 Å². The van der Waals surface area contributed by atoms with E-state index in [1.807, 2.05) is 7.05 Å². The fraction of sp³-hybridized carbons (Fsp3) is 0.238. The van der Waals surface area contributed by atoms with Crippen LogP contribution >= 0.6 is 11.8 Å². The number of benzene rings is 1. The van der Waals surface area contributed by atoms with E-state index in [0.717, 1.165) is 0 Å². The lowest BCUT2D eigenvalue weighted by Crippen LogP contribution is -2.23. The highest BCUT2D eigenvalue weighted by atomic mass is 32.2. The van der Waals surface area contributed by atoms with Gasteiger partial charge in [-0.1, -0.05) is 23.9 Å². The zero-order chi connectivity index (χ0) is 24.5.